The third kappa shape index (κ3) is 9.28. The van der Waals surface area contributed by atoms with E-state index in [1.54, 1.807) is 6.08 Å². The smallest absolute Gasteiger partial charge is 0.0751 e. The topological polar surface area (TPSA) is 20.2 Å². The molecule has 0 atom stereocenters. The van der Waals surface area contributed by atoms with Gasteiger partial charge in [0.2, 0.25) is 0 Å². The van der Waals surface area contributed by atoms with Crippen LogP contribution in [-0.2, 0) is 0 Å². The van der Waals surface area contributed by atoms with Crippen molar-refractivity contribution < 1.29 is 5.11 Å². The van der Waals surface area contributed by atoms with Crippen LogP contribution in [0.1, 0.15) is 39.0 Å². The molecule has 0 unspecified atom stereocenters. The highest BCUT2D eigenvalue weighted by molar-refractivity contribution is 4.85. The molecule has 0 aromatic carbocycles. The summed E-state index contributed by atoms with van der Waals surface area (Å²) in [5.74, 6) is 0. The van der Waals surface area contributed by atoms with Crippen LogP contribution in [0, 0.1) is 0 Å². The van der Waals surface area contributed by atoms with E-state index in [4.69, 9.17) is 5.11 Å². The maximum atomic E-state index is 7.89. The molecule has 0 spiro atoms. The lowest BCUT2D eigenvalue weighted by Gasteiger charge is -1.97. The van der Waals surface area contributed by atoms with Crippen LogP contribution in [0.2, 0.25) is 0 Å². The molecule has 1 aliphatic carbocycles. The fourth-order valence-corrected chi connectivity index (χ4v) is 0.865. The number of aliphatic hydroxyl groups excluding tert-OH is 1. The van der Waals surface area contributed by atoms with Crippen molar-refractivity contribution in [3.05, 3.63) is 24.5 Å². The molecule has 1 aliphatic rings. The fourth-order valence-electron chi connectivity index (χ4n) is 0.865. The van der Waals surface area contributed by atoms with Crippen molar-refractivity contribution in [1.29, 1.82) is 0 Å². The highest BCUT2D eigenvalue weighted by Crippen LogP contribution is 2.07. The van der Waals surface area contributed by atoms with Gasteiger partial charge >= 0.3 is 0 Å². The van der Waals surface area contributed by atoms with Gasteiger partial charge in [0.1, 0.15) is 0 Å². The summed E-state index contributed by atoms with van der Waals surface area (Å²) >= 11 is 0. The van der Waals surface area contributed by atoms with Gasteiger partial charge in [-0.25, -0.2) is 0 Å². The first-order valence-corrected chi connectivity index (χ1v) is 4.36. The molecule has 0 amide bonds. The number of aliphatic hydroxyl groups is 1. The highest BCUT2D eigenvalue weighted by Gasteiger charge is 1.87. The summed E-state index contributed by atoms with van der Waals surface area (Å²) in [5, 5.41) is 7.89. The molecule has 0 saturated heterocycles. The van der Waals surface area contributed by atoms with Crippen molar-refractivity contribution in [2.24, 2.45) is 0 Å². The van der Waals surface area contributed by atoms with Gasteiger partial charge in [0.15, 0.2) is 0 Å². The van der Waals surface area contributed by atoms with Gasteiger partial charge < -0.3 is 5.11 Å². The maximum absolute atomic E-state index is 7.89. The number of rotatable bonds is 1. The minimum Gasteiger partial charge on any atom is -0.516 e. The standard InChI is InChI=1S/C6H10.C4H8O/c1-2-4-6-5-3-1;1-2-3-4-5/h1-2H,3-6H2;3-5H,2H2,1H3. The molecule has 0 aliphatic heterocycles. The van der Waals surface area contributed by atoms with Gasteiger partial charge in [-0.05, 0) is 32.1 Å². The molecule has 0 aromatic heterocycles. The molecule has 11 heavy (non-hydrogen) atoms. The molecule has 0 fully saturated rings. The minimum absolute atomic E-state index is 0.913. The Bertz CT molecular complexity index is 106. The van der Waals surface area contributed by atoms with Gasteiger partial charge in [-0.3, -0.25) is 0 Å². The van der Waals surface area contributed by atoms with E-state index in [1.807, 2.05) is 6.92 Å². The Kier molecular flexibility index (Phi) is 8.67. The van der Waals surface area contributed by atoms with E-state index in [0.717, 1.165) is 12.7 Å². The molecule has 0 radical (unpaired) electrons. The molecule has 0 bridgehead atoms. The molecule has 0 saturated carbocycles. The summed E-state index contributed by atoms with van der Waals surface area (Å²) in [6.45, 7) is 1.96. The predicted molar refractivity (Wildman–Crippen MR) is 49.7 cm³/mol. The first-order valence-electron chi connectivity index (χ1n) is 4.36. The van der Waals surface area contributed by atoms with Gasteiger partial charge in [0, 0.05) is 0 Å². The molecule has 0 heterocycles. The Morgan fingerprint density at radius 2 is 1.82 bits per heavy atom. The Morgan fingerprint density at radius 3 is 1.91 bits per heavy atom. The van der Waals surface area contributed by atoms with Crippen LogP contribution < -0.4 is 0 Å². The van der Waals surface area contributed by atoms with E-state index < -0.39 is 0 Å². The highest BCUT2D eigenvalue weighted by atomic mass is 16.2. The lowest BCUT2D eigenvalue weighted by atomic mass is 10.1. The summed E-state index contributed by atoms with van der Waals surface area (Å²) in [5.41, 5.74) is 0. The Balaban J connectivity index is 0.000000187. The minimum atomic E-state index is 0.913. The normalized spacial score (nSPS) is 16.1. The van der Waals surface area contributed by atoms with E-state index in [9.17, 15) is 0 Å². The van der Waals surface area contributed by atoms with Crippen LogP contribution in [0.5, 0.6) is 0 Å². The largest absolute Gasteiger partial charge is 0.516 e. The first-order chi connectivity index (χ1) is 5.41. The first kappa shape index (κ1) is 10.3. The van der Waals surface area contributed by atoms with Crippen LogP contribution >= 0.6 is 0 Å². The second-order valence-corrected chi connectivity index (χ2v) is 2.55. The van der Waals surface area contributed by atoms with Crippen LogP contribution in [-0.4, -0.2) is 5.11 Å². The Labute approximate surface area is 69.4 Å². The Hall–Kier alpha value is -0.720. The van der Waals surface area contributed by atoms with Crippen LogP contribution in [0.25, 0.3) is 0 Å². The predicted octanol–water partition coefficient (Wildman–Crippen LogP) is 3.58. The number of hydrogen-bond donors (Lipinski definition) is 1. The zero-order chi connectivity index (χ0) is 8.36. The van der Waals surface area contributed by atoms with Gasteiger partial charge in [-0.2, -0.15) is 0 Å². The molecular formula is C10H18O. The van der Waals surface area contributed by atoms with Crippen molar-refractivity contribution in [3.8, 4) is 0 Å². The third-order valence-corrected chi connectivity index (χ3v) is 1.50. The second-order valence-electron chi connectivity index (χ2n) is 2.55. The average Bonchev–Trinajstić information content (AvgIpc) is 2.10. The molecule has 0 aromatic rings. The van der Waals surface area contributed by atoms with E-state index in [-0.39, 0.29) is 0 Å². The Morgan fingerprint density at radius 1 is 1.27 bits per heavy atom. The van der Waals surface area contributed by atoms with Gasteiger partial charge in [-0.1, -0.05) is 25.2 Å². The average molecular weight is 154 g/mol. The summed E-state index contributed by atoms with van der Waals surface area (Å²) in [6, 6.07) is 0. The van der Waals surface area contributed by atoms with Crippen molar-refractivity contribution in [1.82, 2.24) is 0 Å². The van der Waals surface area contributed by atoms with Gasteiger partial charge in [0.05, 0.1) is 6.26 Å². The lowest BCUT2D eigenvalue weighted by Crippen LogP contribution is -1.77. The van der Waals surface area contributed by atoms with E-state index in [1.165, 1.54) is 25.7 Å². The maximum Gasteiger partial charge on any atom is 0.0751 e. The van der Waals surface area contributed by atoms with Crippen molar-refractivity contribution in [2.75, 3.05) is 0 Å². The quantitative estimate of drug-likeness (QED) is 0.452. The summed E-state index contributed by atoms with van der Waals surface area (Å²) in [4.78, 5) is 0. The molecular weight excluding hydrogens is 136 g/mol. The van der Waals surface area contributed by atoms with E-state index in [2.05, 4.69) is 12.2 Å². The number of hydrogen-bond acceptors (Lipinski definition) is 1. The lowest BCUT2D eigenvalue weighted by molar-refractivity contribution is 0.471. The van der Waals surface area contributed by atoms with Crippen LogP contribution in [0.15, 0.2) is 24.5 Å². The summed E-state index contributed by atoms with van der Waals surface area (Å²) in [7, 11) is 0. The SMILES string of the molecule is C1=CCCCC1.CCC=CO. The molecule has 1 rings (SSSR count). The van der Waals surface area contributed by atoms with Crippen molar-refractivity contribution >= 4 is 0 Å². The molecule has 1 nitrogen and oxygen atoms in total. The van der Waals surface area contributed by atoms with E-state index in [0.29, 0.717) is 0 Å². The van der Waals surface area contributed by atoms with Crippen LogP contribution in [0.3, 0.4) is 0 Å². The zero-order valence-electron chi connectivity index (χ0n) is 7.29. The molecule has 64 valence electrons. The van der Waals surface area contributed by atoms with Gasteiger partial charge in [-0.15, -0.1) is 0 Å². The fraction of sp³-hybridized carbons (Fsp3) is 0.600. The van der Waals surface area contributed by atoms with Gasteiger partial charge in [0.25, 0.3) is 0 Å². The third-order valence-electron chi connectivity index (χ3n) is 1.50. The summed E-state index contributed by atoms with van der Waals surface area (Å²) in [6.07, 6.45) is 13.6. The zero-order valence-corrected chi connectivity index (χ0v) is 7.29. The molecule has 1 N–H and O–H groups in total. The number of allylic oxidation sites excluding steroid dienone is 3. The molecule has 1 heteroatoms. The van der Waals surface area contributed by atoms with Crippen molar-refractivity contribution in [2.45, 2.75) is 39.0 Å². The summed E-state index contributed by atoms with van der Waals surface area (Å²) < 4.78 is 0. The van der Waals surface area contributed by atoms with Crippen molar-refractivity contribution in [3.63, 3.8) is 0 Å². The second kappa shape index (κ2) is 9.28. The monoisotopic (exact) mass is 154 g/mol. The van der Waals surface area contributed by atoms with Crippen LogP contribution in [0.4, 0.5) is 0 Å². The van der Waals surface area contributed by atoms with E-state index >= 15 is 0 Å².